The number of carbonyl (C=O) groups is 1. The van der Waals surface area contributed by atoms with Gasteiger partial charge in [-0.2, -0.15) is 0 Å². The molecule has 0 radical (unpaired) electrons. The minimum absolute atomic E-state index is 0.0530. The predicted molar refractivity (Wildman–Crippen MR) is 84.9 cm³/mol. The molecule has 22 heavy (non-hydrogen) atoms. The standard InChI is InChI=1S/C19H14O3/c20-17-11-16(14-7-3-1-4-8-14)12-18(13-17)22-19(21)15-9-5-2-6-10-15/h1-13,20H. The Kier molecular flexibility index (Phi) is 3.88. The van der Waals surface area contributed by atoms with Gasteiger partial charge in [0.05, 0.1) is 5.56 Å². The number of hydrogen-bond acceptors (Lipinski definition) is 3. The number of carbonyl (C=O) groups excluding carboxylic acids is 1. The van der Waals surface area contributed by atoms with E-state index in [0.29, 0.717) is 11.3 Å². The fourth-order valence-electron chi connectivity index (χ4n) is 2.18. The molecule has 3 nitrogen and oxygen atoms in total. The van der Waals surface area contributed by atoms with E-state index in [0.717, 1.165) is 11.1 Å². The molecule has 0 bridgehead atoms. The molecule has 0 aliphatic carbocycles. The van der Waals surface area contributed by atoms with Crippen molar-refractivity contribution in [1.29, 1.82) is 0 Å². The van der Waals surface area contributed by atoms with Crippen molar-refractivity contribution in [3.05, 3.63) is 84.4 Å². The van der Waals surface area contributed by atoms with Crippen molar-refractivity contribution in [2.75, 3.05) is 0 Å². The summed E-state index contributed by atoms with van der Waals surface area (Å²) in [6, 6.07) is 23.1. The van der Waals surface area contributed by atoms with Gasteiger partial charge in [0.15, 0.2) is 0 Å². The Morgan fingerprint density at radius 1 is 0.773 bits per heavy atom. The lowest BCUT2D eigenvalue weighted by atomic mass is 10.1. The fraction of sp³-hybridized carbons (Fsp3) is 0. The van der Waals surface area contributed by atoms with Crippen molar-refractivity contribution in [3.63, 3.8) is 0 Å². The fourth-order valence-corrected chi connectivity index (χ4v) is 2.18. The summed E-state index contributed by atoms with van der Waals surface area (Å²) in [5.74, 6) is -0.0878. The molecule has 0 fully saturated rings. The normalized spacial score (nSPS) is 10.2. The van der Waals surface area contributed by atoms with Gasteiger partial charge in [0.25, 0.3) is 0 Å². The molecule has 0 aromatic heterocycles. The Morgan fingerprint density at radius 3 is 2.09 bits per heavy atom. The van der Waals surface area contributed by atoms with Gasteiger partial charge >= 0.3 is 5.97 Å². The first-order valence-electron chi connectivity index (χ1n) is 6.89. The van der Waals surface area contributed by atoms with Crippen LogP contribution in [0.2, 0.25) is 0 Å². The summed E-state index contributed by atoms with van der Waals surface area (Å²) in [5, 5.41) is 9.85. The van der Waals surface area contributed by atoms with Gasteiger partial charge in [0.1, 0.15) is 11.5 Å². The summed E-state index contributed by atoms with van der Waals surface area (Å²) in [6.07, 6.45) is 0. The lowest BCUT2D eigenvalue weighted by molar-refractivity contribution is 0.0734. The van der Waals surface area contributed by atoms with E-state index in [4.69, 9.17) is 4.74 Å². The second kappa shape index (κ2) is 6.14. The highest BCUT2D eigenvalue weighted by molar-refractivity contribution is 5.91. The third kappa shape index (κ3) is 3.15. The number of esters is 1. The third-order valence-electron chi connectivity index (χ3n) is 3.22. The van der Waals surface area contributed by atoms with Crippen molar-refractivity contribution < 1.29 is 14.6 Å². The quantitative estimate of drug-likeness (QED) is 0.578. The van der Waals surface area contributed by atoms with E-state index < -0.39 is 5.97 Å². The third-order valence-corrected chi connectivity index (χ3v) is 3.22. The molecule has 3 aromatic carbocycles. The Bertz CT molecular complexity index is 780. The summed E-state index contributed by atoms with van der Waals surface area (Å²) in [4.78, 5) is 12.1. The summed E-state index contributed by atoms with van der Waals surface area (Å²) in [7, 11) is 0. The number of phenols is 1. The van der Waals surface area contributed by atoms with Gasteiger partial charge in [-0.25, -0.2) is 4.79 Å². The highest BCUT2D eigenvalue weighted by atomic mass is 16.5. The van der Waals surface area contributed by atoms with Crippen LogP contribution >= 0.6 is 0 Å². The van der Waals surface area contributed by atoms with E-state index in [9.17, 15) is 9.90 Å². The van der Waals surface area contributed by atoms with Crippen LogP contribution in [-0.2, 0) is 0 Å². The van der Waals surface area contributed by atoms with Gasteiger partial charge < -0.3 is 9.84 Å². The second-order valence-electron chi connectivity index (χ2n) is 4.84. The average Bonchev–Trinajstić information content (AvgIpc) is 2.56. The van der Waals surface area contributed by atoms with Crippen molar-refractivity contribution in [1.82, 2.24) is 0 Å². The molecule has 0 atom stereocenters. The molecule has 0 saturated heterocycles. The number of ether oxygens (including phenoxy) is 1. The van der Waals surface area contributed by atoms with E-state index in [2.05, 4.69) is 0 Å². The topological polar surface area (TPSA) is 46.5 Å². The van der Waals surface area contributed by atoms with E-state index >= 15 is 0 Å². The van der Waals surface area contributed by atoms with Crippen molar-refractivity contribution in [3.8, 4) is 22.6 Å². The zero-order valence-electron chi connectivity index (χ0n) is 11.8. The average molecular weight is 290 g/mol. The number of benzene rings is 3. The maximum absolute atomic E-state index is 12.1. The Balaban J connectivity index is 1.89. The van der Waals surface area contributed by atoms with Crippen molar-refractivity contribution in [2.45, 2.75) is 0 Å². The molecule has 0 amide bonds. The summed E-state index contributed by atoms with van der Waals surface area (Å²) < 4.78 is 5.34. The Hall–Kier alpha value is -3.07. The molecule has 3 rings (SSSR count). The maximum atomic E-state index is 12.1. The first-order chi connectivity index (χ1) is 10.7. The first-order valence-corrected chi connectivity index (χ1v) is 6.89. The molecule has 1 N–H and O–H groups in total. The Labute approximate surface area is 128 Å². The molecular formula is C19H14O3. The lowest BCUT2D eigenvalue weighted by Gasteiger charge is -2.08. The molecule has 0 spiro atoms. The van der Waals surface area contributed by atoms with Crippen LogP contribution in [0.3, 0.4) is 0 Å². The van der Waals surface area contributed by atoms with Gasteiger partial charge in [0, 0.05) is 6.07 Å². The molecule has 3 heteroatoms. The van der Waals surface area contributed by atoms with Gasteiger partial charge in [-0.1, -0.05) is 48.5 Å². The molecule has 3 aromatic rings. The zero-order valence-corrected chi connectivity index (χ0v) is 11.8. The van der Waals surface area contributed by atoms with Crippen LogP contribution in [0.1, 0.15) is 10.4 Å². The maximum Gasteiger partial charge on any atom is 0.343 e. The number of aromatic hydroxyl groups is 1. The number of phenolic OH excluding ortho intramolecular Hbond substituents is 1. The lowest BCUT2D eigenvalue weighted by Crippen LogP contribution is -2.08. The van der Waals surface area contributed by atoms with Gasteiger partial charge in [-0.3, -0.25) is 0 Å². The smallest absolute Gasteiger partial charge is 0.343 e. The van der Waals surface area contributed by atoms with E-state index in [1.807, 2.05) is 36.4 Å². The molecule has 0 saturated carbocycles. The highest BCUT2D eigenvalue weighted by Crippen LogP contribution is 2.29. The molecule has 108 valence electrons. The van der Waals surface area contributed by atoms with E-state index in [1.54, 1.807) is 36.4 Å². The molecule has 0 heterocycles. The Morgan fingerprint density at radius 2 is 1.41 bits per heavy atom. The highest BCUT2D eigenvalue weighted by Gasteiger charge is 2.10. The van der Waals surface area contributed by atoms with E-state index in [-0.39, 0.29) is 5.75 Å². The molecule has 0 aliphatic heterocycles. The van der Waals surface area contributed by atoms with Crippen LogP contribution in [0.5, 0.6) is 11.5 Å². The van der Waals surface area contributed by atoms with Crippen LogP contribution < -0.4 is 4.74 Å². The van der Waals surface area contributed by atoms with Gasteiger partial charge in [-0.15, -0.1) is 0 Å². The second-order valence-corrected chi connectivity index (χ2v) is 4.84. The largest absolute Gasteiger partial charge is 0.508 e. The minimum Gasteiger partial charge on any atom is -0.508 e. The van der Waals surface area contributed by atoms with Crippen LogP contribution in [0, 0.1) is 0 Å². The predicted octanol–water partition coefficient (Wildman–Crippen LogP) is 4.28. The number of hydrogen-bond donors (Lipinski definition) is 1. The number of rotatable bonds is 3. The monoisotopic (exact) mass is 290 g/mol. The first kappa shape index (κ1) is 13.9. The van der Waals surface area contributed by atoms with Crippen LogP contribution in [0.4, 0.5) is 0 Å². The SMILES string of the molecule is O=C(Oc1cc(O)cc(-c2ccccc2)c1)c1ccccc1. The molecular weight excluding hydrogens is 276 g/mol. The van der Waals surface area contributed by atoms with Crippen LogP contribution in [0.25, 0.3) is 11.1 Å². The molecule has 0 unspecified atom stereocenters. The summed E-state index contributed by atoms with van der Waals surface area (Å²) in [6.45, 7) is 0. The minimum atomic E-state index is -0.454. The summed E-state index contributed by atoms with van der Waals surface area (Å²) >= 11 is 0. The summed E-state index contributed by atoms with van der Waals surface area (Å²) in [5.41, 5.74) is 2.19. The van der Waals surface area contributed by atoms with Crippen LogP contribution in [-0.4, -0.2) is 11.1 Å². The van der Waals surface area contributed by atoms with Crippen molar-refractivity contribution >= 4 is 5.97 Å². The van der Waals surface area contributed by atoms with Gasteiger partial charge in [-0.05, 0) is 35.4 Å². The van der Waals surface area contributed by atoms with Crippen LogP contribution in [0.15, 0.2) is 78.9 Å². The van der Waals surface area contributed by atoms with E-state index in [1.165, 1.54) is 6.07 Å². The van der Waals surface area contributed by atoms with Crippen molar-refractivity contribution in [2.24, 2.45) is 0 Å². The zero-order chi connectivity index (χ0) is 15.4. The molecule has 0 aliphatic rings. The van der Waals surface area contributed by atoms with Gasteiger partial charge in [0.2, 0.25) is 0 Å².